The molecule has 0 saturated carbocycles. The molecule has 0 N–H and O–H groups in total. The number of carbonyl (C=O) groups excluding carboxylic acids is 2. The zero-order valence-corrected chi connectivity index (χ0v) is 18.9. The van der Waals surface area contributed by atoms with Crippen LogP contribution in [0.3, 0.4) is 0 Å². The molecular formula is C30H24N2O2. The van der Waals surface area contributed by atoms with E-state index in [1.807, 2.05) is 72.8 Å². The molecule has 0 amide bonds. The van der Waals surface area contributed by atoms with Gasteiger partial charge in [0.05, 0.1) is 23.3 Å². The maximum atomic E-state index is 13.7. The molecule has 4 aromatic rings. The van der Waals surface area contributed by atoms with E-state index < -0.39 is 6.04 Å². The quantitative estimate of drug-likeness (QED) is 0.372. The van der Waals surface area contributed by atoms with Gasteiger partial charge in [-0.05, 0) is 43.2 Å². The molecule has 3 aromatic carbocycles. The van der Waals surface area contributed by atoms with Crippen molar-refractivity contribution in [1.29, 1.82) is 0 Å². The molecule has 2 aliphatic heterocycles. The van der Waals surface area contributed by atoms with Gasteiger partial charge in [0.1, 0.15) is 5.78 Å². The average molecular weight is 445 g/mol. The Labute approximate surface area is 198 Å². The van der Waals surface area contributed by atoms with Crippen molar-refractivity contribution in [2.45, 2.75) is 25.4 Å². The number of hydrogen-bond acceptors (Lipinski definition) is 4. The summed E-state index contributed by atoms with van der Waals surface area (Å²) in [4.78, 5) is 33.8. The molecule has 0 aliphatic carbocycles. The Morgan fingerprint density at radius 3 is 2.41 bits per heavy atom. The van der Waals surface area contributed by atoms with Crippen LogP contribution in [0.4, 0.5) is 5.69 Å². The number of fused-ring (bicyclic) bond motifs is 4. The van der Waals surface area contributed by atoms with Crippen LogP contribution in [0, 0.1) is 5.92 Å². The van der Waals surface area contributed by atoms with E-state index >= 15 is 0 Å². The SMILES string of the molecule is CC(=O)[C@@H]1C[C@H](C(=O)c2ccccc2)N2c3ccccc3C=C(c3ccc4ccccc4n3)[C@@H]12. The van der Waals surface area contributed by atoms with Crippen molar-refractivity contribution in [1.82, 2.24) is 4.98 Å². The van der Waals surface area contributed by atoms with Gasteiger partial charge in [-0.1, -0.05) is 72.8 Å². The van der Waals surface area contributed by atoms with E-state index in [0.717, 1.165) is 33.4 Å². The summed E-state index contributed by atoms with van der Waals surface area (Å²) >= 11 is 0. The Morgan fingerprint density at radius 2 is 1.59 bits per heavy atom. The summed E-state index contributed by atoms with van der Waals surface area (Å²) in [7, 11) is 0. The van der Waals surface area contributed by atoms with Gasteiger partial charge in [-0.3, -0.25) is 9.59 Å². The van der Waals surface area contributed by atoms with Gasteiger partial charge in [0.15, 0.2) is 5.78 Å². The van der Waals surface area contributed by atoms with E-state index in [2.05, 4.69) is 29.2 Å². The van der Waals surface area contributed by atoms with Crippen molar-refractivity contribution in [3.63, 3.8) is 0 Å². The second kappa shape index (κ2) is 8.07. The highest BCUT2D eigenvalue weighted by atomic mass is 16.1. The third-order valence-corrected chi connectivity index (χ3v) is 7.12. The Balaban J connectivity index is 1.53. The van der Waals surface area contributed by atoms with Gasteiger partial charge in [0.25, 0.3) is 0 Å². The molecule has 0 radical (unpaired) electrons. The zero-order valence-electron chi connectivity index (χ0n) is 18.9. The number of anilines is 1. The number of rotatable bonds is 4. The lowest BCUT2D eigenvalue weighted by Gasteiger charge is -2.38. The summed E-state index contributed by atoms with van der Waals surface area (Å²) in [5.41, 5.74) is 5.47. The van der Waals surface area contributed by atoms with E-state index in [-0.39, 0.29) is 23.5 Å². The zero-order chi connectivity index (χ0) is 23.2. The van der Waals surface area contributed by atoms with Gasteiger partial charge in [-0.25, -0.2) is 4.98 Å². The molecule has 2 aliphatic rings. The fourth-order valence-electron chi connectivity index (χ4n) is 5.52. The van der Waals surface area contributed by atoms with Crippen molar-refractivity contribution in [3.8, 4) is 0 Å². The molecular weight excluding hydrogens is 420 g/mol. The smallest absolute Gasteiger partial charge is 0.185 e. The van der Waals surface area contributed by atoms with Crippen LogP contribution < -0.4 is 4.90 Å². The van der Waals surface area contributed by atoms with E-state index in [1.54, 1.807) is 6.92 Å². The lowest BCUT2D eigenvalue weighted by molar-refractivity contribution is -0.120. The Hall–Kier alpha value is -4.05. The van der Waals surface area contributed by atoms with Gasteiger partial charge in [0, 0.05) is 28.1 Å². The van der Waals surface area contributed by atoms with Crippen LogP contribution in [-0.2, 0) is 4.79 Å². The number of Topliss-reactive ketones (excluding diaryl/α,β-unsaturated/α-hetero) is 2. The summed E-state index contributed by atoms with van der Waals surface area (Å²) in [6.45, 7) is 1.64. The fourth-order valence-corrected chi connectivity index (χ4v) is 5.52. The minimum Gasteiger partial charge on any atom is -0.353 e. The number of pyridine rings is 1. The second-order valence-electron chi connectivity index (χ2n) is 9.10. The number of para-hydroxylation sites is 2. The number of hydrogen-bond donors (Lipinski definition) is 0. The van der Waals surface area contributed by atoms with Gasteiger partial charge in [-0.2, -0.15) is 0 Å². The number of ketones is 2. The van der Waals surface area contributed by atoms with Crippen LogP contribution in [-0.4, -0.2) is 28.6 Å². The summed E-state index contributed by atoms with van der Waals surface area (Å²) in [5, 5.41) is 1.08. The first-order valence-electron chi connectivity index (χ1n) is 11.7. The maximum Gasteiger partial charge on any atom is 0.185 e. The molecule has 34 heavy (non-hydrogen) atoms. The highest BCUT2D eigenvalue weighted by molar-refractivity contribution is 6.07. The molecule has 1 saturated heterocycles. The van der Waals surface area contributed by atoms with Crippen LogP contribution in [0.5, 0.6) is 0 Å². The summed E-state index contributed by atoms with van der Waals surface area (Å²) < 4.78 is 0. The standard InChI is InChI=1S/C30H24N2O2/c1-19(33)23-18-28(30(34)21-10-3-2-4-11-21)32-27-14-8-6-12-22(27)17-24(29(23)32)26-16-15-20-9-5-7-13-25(20)31-26/h2-17,23,28-29H,18H2,1H3/t23-,28+,29+/m0/s1. The lowest BCUT2D eigenvalue weighted by Crippen LogP contribution is -2.44. The van der Waals surface area contributed by atoms with Gasteiger partial charge >= 0.3 is 0 Å². The van der Waals surface area contributed by atoms with Crippen LogP contribution in [0.15, 0.2) is 91.0 Å². The minimum atomic E-state index is -0.411. The Morgan fingerprint density at radius 1 is 0.853 bits per heavy atom. The molecule has 0 unspecified atom stereocenters. The van der Waals surface area contributed by atoms with Crippen LogP contribution in [0.25, 0.3) is 22.6 Å². The third kappa shape index (κ3) is 3.26. The van der Waals surface area contributed by atoms with Crippen LogP contribution in [0.1, 0.15) is 35.0 Å². The number of aromatic nitrogens is 1. The molecule has 1 fully saturated rings. The number of nitrogens with zero attached hydrogens (tertiary/aromatic N) is 2. The second-order valence-corrected chi connectivity index (χ2v) is 9.10. The van der Waals surface area contributed by atoms with Gasteiger partial charge in [0.2, 0.25) is 0 Å². The number of benzene rings is 3. The summed E-state index contributed by atoms with van der Waals surface area (Å²) in [5.74, 6) is -0.133. The van der Waals surface area contributed by atoms with Crippen molar-refractivity contribution < 1.29 is 9.59 Å². The molecule has 0 bridgehead atoms. The third-order valence-electron chi connectivity index (χ3n) is 7.12. The van der Waals surface area contributed by atoms with E-state index in [1.165, 1.54) is 0 Å². The van der Waals surface area contributed by atoms with Crippen molar-refractivity contribution in [3.05, 3.63) is 108 Å². The highest BCUT2D eigenvalue weighted by Crippen LogP contribution is 2.47. The molecule has 4 heteroatoms. The monoisotopic (exact) mass is 444 g/mol. The van der Waals surface area contributed by atoms with E-state index in [9.17, 15) is 9.59 Å². The van der Waals surface area contributed by atoms with Crippen LogP contribution in [0.2, 0.25) is 0 Å². The fraction of sp³-hybridized carbons (Fsp3) is 0.167. The molecule has 0 spiro atoms. The predicted molar refractivity (Wildman–Crippen MR) is 136 cm³/mol. The first-order valence-corrected chi connectivity index (χ1v) is 11.7. The molecule has 3 atom stereocenters. The highest BCUT2D eigenvalue weighted by Gasteiger charge is 2.50. The van der Waals surface area contributed by atoms with E-state index in [4.69, 9.17) is 4.98 Å². The first kappa shape index (κ1) is 20.5. The molecule has 3 heterocycles. The minimum absolute atomic E-state index is 0.0527. The van der Waals surface area contributed by atoms with Gasteiger partial charge < -0.3 is 4.90 Å². The number of carbonyl (C=O) groups is 2. The predicted octanol–water partition coefficient (Wildman–Crippen LogP) is 5.82. The van der Waals surface area contributed by atoms with E-state index in [0.29, 0.717) is 12.0 Å². The maximum absolute atomic E-state index is 13.7. The molecule has 6 rings (SSSR count). The van der Waals surface area contributed by atoms with Crippen molar-refractivity contribution >= 4 is 39.8 Å². The van der Waals surface area contributed by atoms with Crippen molar-refractivity contribution in [2.24, 2.45) is 5.92 Å². The molecule has 4 nitrogen and oxygen atoms in total. The first-order chi connectivity index (χ1) is 16.6. The largest absolute Gasteiger partial charge is 0.353 e. The summed E-state index contributed by atoms with van der Waals surface area (Å²) in [6.07, 6.45) is 2.64. The van der Waals surface area contributed by atoms with Gasteiger partial charge in [-0.15, -0.1) is 0 Å². The lowest BCUT2D eigenvalue weighted by atomic mass is 9.85. The Bertz CT molecular complexity index is 1460. The molecule has 1 aromatic heterocycles. The normalized spacial score (nSPS) is 21.0. The topological polar surface area (TPSA) is 50.3 Å². The Kier molecular flexibility index (Phi) is 4.88. The van der Waals surface area contributed by atoms with Crippen molar-refractivity contribution in [2.75, 3.05) is 4.90 Å². The average Bonchev–Trinajstić information content (AvgIpc) is 3.29. The summed E-state index contributed by atoms with van der Waals surface area (Å²) in [6, 6.07) is 29.0. The van der Waals surface area contributed by atoms with Crippen LogP contribution >= 0.6 is 0 Å². The molecule has 166 valence electrons.